The zero-order valence-electron chi connectivity index (χ0n) is 30.6. The molecule has 0 spiro atoms. The van der Waals surface area contributed by atoms with Crippen LogP contribution in [-0.2, 0) is 5.41 Å². The Morgan fingerprint density at radius 3 is 1.89 bits per heavy atom. The lowest BCUT2D eigenvalue weighted by Crippen LogP contribution is -2.14. The smallest absolute Gasteiger partial charge is 0.0794 e. The topological polar surface area (TPSA) is 25.8 Å². The van der Waals surface area contributed by atoms with E-state index in [1.54, 1.807) is 0 Å². The highest BCUT2D eigenvalue weighted by Gasteiger charge is 2.36. The fourth-order valence-corrected chi connectivity index (χ4v) is 9.65. The number of para-hydroxylation sites is 1. The molecule has 0 saturated carbocycles. The van der Waals surface area contributed by atoms with Gasteiger partial charge in [-0.3, -0.25) is 0 Å². The van der Waals surface area contributed by atoms with Gasteiger partial charge in [-0.15, -0.1) is 0 Å². The second kappa shape index (κ2) is 11.1. The van der Waals surface area contributed by atoms with Gasteiger partial charge in [-0.05, 0) is 91.1 Å². The lowest BCUT2D eigenvalue weighted by Gasteiger charge is -2.22. The average Bonchev–Trinajstić information content (AvgIpc) is 3.46. The maximum absolute atomic E-state index is 5.53. The number of hydrogen-bond acceptors (Lipinski definition) is 2. The highest BCUT2D eigenvalue weighted by atomic mass is 14.7. The van der Waals surface area contributed by atoms with E-state index in [-0.39, 0.29) is 5.41 Å². The molecule has 11 aromatic rings. The van der Waals surface area contributed by atoms with Crippen molar-refractivity contribution in [3.63, 3.8) is 0 Å². The molecule has 1 aliphatic rings. The molecule has 256 valence electrons. The van der Waals surface area contributed by atoms with Gasteiger partial charge in [-0.2, -0.15) is 0 Å². The molecule has 0 amide bonds. The lowest BCUT2D eigenvalue weighted by atomic mass is 9.81. The van der Waals surface area contributed by atoms with Gasteiger partial charge in [0, 0.05) is 48.9 Å². The summed E-state index contributed by atoms with van der Waals surface area (Å²) in [5, 5.41) is 13.1. The first-order valence-electron chi connectivity index (χ1n) is 19.2. The molecule has 2 heteroatoms. The van der Waals surface area contributed by atoms with Crippen LogP contribution in [0.5, 0.6) is 0 Å². The van der Waals surface area contributed by atoms with E-state index in [0.29, 0.717) is 0 Å². The molecule has 0 aliphatic heterocycles. The SMILES string of the molecule is CC1(C)c2ccccc2-c2cc3c(cc21)c(-c1cccc(-c2c4ccc5ccccc5c4nc4c2ccc2cc5ccccc5cc24)c1)nc1ccccc13. The third kappa shape index (κ3) is 4.31. The number of nitrogens with zero attached hydrogens (tertiary/aromatic N) is 2. The largest absolute Gasteiger partial charge is 0.247 e. The van der Waals surface area contributed by atoms with Crippen LogP contribution >= 0.6 is 0 Å². The minimum Gasteiger partial charge on any atom is -0.247 e. The van der Waals surface area contributed by atoms with Gasteiger partial charge < -0.3 is 0 Å². The molecule has 1 aliphatic carbocycles. The Balaban J connectivity index is 1.16. The monoisotopic (exact) mass is 698 g/mol. The Labute approximate surface area is 318 Å². The van der Waals surface area contributed by atoms with Crippen LogP contribution in [0.3, 0.4) is 0 Å². The van der Waals surface area contributed by atoms with Crippen molar-refractivity contribution in [2.24, 2.45) is 0 Å². The van der Waals surface area contributed by atoms with Gasteiger partial charge in [0.15, 0.2) is 0 Å². The second-order valence-electron chi connectivity index (χ2n) is 15.7. The molecule has 0 atom stereocenters. The second-order valence-corrected chi connectivity index (χ2v) is 15.7. The Morgan fingerprint density at radius 2 is 1.04 bits per heavy atom. The van der Waals surface area contributed by atoms with Crippen molar-refractivity contribution in [3.05, 3.63) is 181 Å². The van der Waals surface area contributed by atoms with E-state index in [4.69, 9.17) is 9.97 Å². The van der Waals surface area contributed by atoms with Crippen molar-refractivity contribution in [2.75, 3.05) is 0 Å². The highest BCUT2D eigenvalue weighted by Crippen LogP contribution is 2.51. The van der Waals surface area contributed by atoms with Gasteiger partial charge >= 0.3 is 0 Å². The van der Waals surface area contributed by atoms with Crippen molar-refractivity contribution >= 4 is 75.8 Å². The Hall–Kier alpha value is -6.90. The van der Waals surface area contributed by atoms with Gasteiger partial charge in [0.1, 0.15) is 0 Å². The van der Waals surface area contributed by atoms with Crippen LogP contribution in [0, 0.1) is 0 Å². The summed E-state index contributed by atoms with van der Waals surface area (Å²) in [6.45, 7) is 4.71. The molecule has 55 heavy (non-hydrogen) atoms. The summed E-state index contributed by atoms with van der Waals surface area (Å²) < 4.78 is 0. The number of hydrogen-bond donors (Lipinski definition) is 0. The maximum atomic E-state index is 5.53. The maximum Gasteiger partial charge on any atom is 0.0794 e. The Morgan fingerprint density at radius 1 is 0.364 bits per heavy atom. The van der Waals surface area contributed by atoms with E-state index < -0.39 is 0 Å². The standard InChI is InChI=1S/C53H34N2/c1-53(2)46-20-9-7-18-38(46)44-29-43-39-19-8-10-21-48(39)54-50(45(43)30-47(44)53)36-16-11-15-35(27-36)49-40-24-22-31-12-5-6-17-37(31)51(40)55-52-41(49)25-23-34-26-32-13-3-4-14-33(32)28-42(34)52/h3-30H,1-2H3. The summed E-state index contributed by atoms with van der Waals surface area (Å²) in [4.78, 5) is 11.0. The summed E-state index contributed by atoms with van der Waals surface area (Å²) in [6, 6.07) is 62.3. The van der Waals surface area contributed by atoms with Gasteiger partial charge in [-0.1, -0.05) is 147 Å². The van der Waals surface area contributed by atoms with E-state index in [0.717, 1.165) is 49.5 Å². The van der Waals surface area contributed by atoms with E-state index in [1.165, 1.54) is 70.9 Å². The zero-order valence-corrected chi connectivity index (χ0v) is 30.6. The Bertz CT molecular complexity index is 3460. The molecule has 0 saturated heterocycles. The first-order chi connectivity index (χ1) is 27.0. The third-order valence-corrected chi connectivity index (χ3v) is 12.3. The molecule has 2 heterocycles. The lowest BCUT2D eigenvalue weighted by molar-refractivity contribution is 0.661. The average molecular weight is 699 g/mol. The van der Waals surface area contributed by atoms with Crippen molar-refractivity contribution in [3.8, 4) is 33.5 Å². The zero-order chi connectivity index (χ0) is 36.4. The third-order valence-electron chi connectivity index (χ3n) is 12.3. The summed E-state index contributed by atoms with van der Waals surface area (Å²) >= 11 is 0. The van der Waals surface area contributed by atoms with Gasteiger partial charge in [-0.25, -0.2) is 9.97 Å². The summed E-state index contributed by atoms with van der Waals surface area (Å²) in [7, 11) is 0. The predicted octanol–water partition coefficient (Wildman–Crippen LogP) is 14.2. The summed E-state index contributed by atoms with van der Waals surface area (Å²) in [5.41, 5.74) is 12.8. The highest BCUT2D eigenvalue weighted by molar-refractivity contribution is 6.22. The van der Waals surface area contributed by atoms with Crippen LogP contribution in [-0.4, -0.2) is 9.97 Å². The molecule has 0 N–H and O–H groups in total. The Kier molecular flexibility index (Phi) is 6.15. The molecular weight excluding hydrogens is 665 g/mol. The van der Waals surface area contributed by atoms with Crippen LogP contribution < -0.4 is 0 Å². The first kappa shape index (κ1) is 30.6. The normalized spacial score (nSPS) is 13.4. The molecule has 2 nitrogen and oxygen atoms in total. The molecule has 9 aromatic carbocycles. The fourth-order valence-electron chi connectivity index (χ4n) is 9.65. The van der Waals surface area contributed by atoms with E-state index in [9.17, 15) is 0 Å². The minimum absolute atomic E-state index is 0.114. The molecule has 0 fully saturated rings. The number of fused-ring (bicyclic) bond motifs is 13. The molecule has 0 radical (unpaired) electrons. The number of pyridine rings is 2. The number of benzene rings is 9. The first-order valence-corrected chi connectivity index (χ1v) is 19.2. The van der Waals surface area contributed by atoms with Crippen LogP contribution in [0.1, 0.15) is 25.0 Å². The van der Waals surface area contributed by atoms with Crippen molar-refractivity contribution in [2.45, 2.75) is 19.3 Å². The van der Waals surface area contributed by atoms with Crippen molar-refractivity contribution in [1.82, 2.24) is 9.97 Å². The molecule has 0 unspecified atom stereocenters. The predicted molar refractivity (Wildman–Crippen MR) is 233 cm³/mol. The van der Waals surface area contributed by atoms with Gasteiger partial charge in [0.2, 0.25) is 0 Å². The van der Waals surface area contributed by atoms with Crippen LogP contribution in [0.25, 0.3) is 109 Å². The molecular formula is C53H34N2. The van der Waals surface area contributed by atoms with E-state index in [2.05, 4.69) is 184 Å². The van der Waals surface area contributed by atoms with E-state index in [1.807, 2.05) is 0 Å². The van der Waals surface area contributed by atoms with Gasteiger partial charge in [0.05, 0.1) is 22.2 Å². The quantitative estimate of drug-likeness (QED) is 0.133. The van der Waals surface area contributed by atoms with Crippen LogP contribution in [0.15, 0.2) is 170 Å². The fraction of sp³-hybridized carbons (Fsp3) is 0.0566. The summed E-state index contributed by atoms with van der Waals surface area (Å²) in [5.74, 6) is 0. The number of rotatable bonds is 2. The molecule has 0 bridgehead atoms. The van der Waals surface area contributed by atoms with Crippen LogP contribution in [0.2, 0.25) is 0 Å². The van der Waals surface area contributed by atoms with Crippen molar-refractivity contribution < 1.29 is 0 Å². The minimum atomic E-state index is -0.114. The molecule has 12 rings (SSSR count). The van der Waals surface area contributed by atoms with Gasteiger partial charge in [0.25, 0.3) is 0 Å². The van der Waals surface area contributed by atoms with Crippen LogP contribution in [0.4, 0.5) is 0 Å². The summed E-state index contributed by atoms with van der Waals surface area (Å²) in [6.07, 6.45) is 0. The van der Waals surface area contributed by atoms with E-state index >= 15 is 0 Å². The van der Waals surface area contributed by atoms with Crippen molar-refractivity contribution in [1.29, 1.82) is 0 Å². The molecule has 2 aromatic heterocycles. The number of aromatic nitrogens is 2.